The second-order valence-corrected chi connectivity index (χ2v) is 7.88. The summed E-state index contributed by atoms with van der Waals surface area (Å²) in [4.78, 5) is 16.2. The molecule has 0 aliphatic rings. The lowest BCUT2D eigenvalue weighted by Gasteiger charge is -2.15. The Morgan fingerprint density at radius 3 is 2.35 bits per heavy atom. The third-order valence-electron chi connectivity index (χ3n) is 4.29. The molecule has 2 aromatic carbocycles. The second kappa shape index (κ2) is 9.35. The molecule has 1 aromatic heterocycles. The number of hydrogen-bond acceptors (Lipinski definition) is 7. The molecule has 0 fully saturated rings. The number of carbonyl (C=O) groups excluding carboxylic acids is 1. The summed E-state index contributed by atoms with van der Waals surface area (Å²) in [5.74, 6) is 0.434. The molecule has 2 N–H and O–H groups in total. The Morgan fingerprint density at radius 2 is 1.71 bits per heavy atom. The second-order valence-electron chi connectivity index (χ2n) is 6.23. The van der Waals surface area contributed by atoms with Crippen LogP contribution in [-0.2, 0) is 10.0 Å². The normalized spacial score (nSPS) is 10.8. The van der Waals surface area contributed by atoms with Crippen molar-refractivity contribution in [2.24, 2.45) is 0 Å². The molecule has 3 rings (SSSR count). The number of pyridine rings is 1. The van der Waals surface area contributed by atoms with Crippen LogP contribution in [0.25, 0.3) is 0 Å². The van der Waals surface area contributed by atoms with Gasteiger partial charge in [0.2, 0.25) is 0 Å². The molecule has 31 heavy (non-hydrogen) atoms. The van der Waals surface area contributed by atoms with Gasteiger partial charge in [0.05, 0.1) is 38.3 Å². The molecule has 1 heterocycles. The van der Waals surface area contributed by atoms with E-state index in [9.17, 15) is 13.2 Å². The van der Waals surface area contributed by atoms with Gasteiger partial charge in [-0.1, -0.05) is 0 Å². The fourth-order valence-corrected chi connectivity index (χ4v) is 3.99. The van der Waals surface area contributed by atoms with Gasteiger partial charge in [-0.05, 0) is 36.4 Å². The van der Waals surface area contributed by atoms with E-state index in [2.05, 4.69) is 15.0 Å². The van der Waals surface area contributed by atoms with Crippen molar-refractivity contribution in [3.8, 4) is 17.2 Å². The Labute approximate surface area is 180 Å². The van der Waals surface area contributed by atoms with Crippen molar-refractivity contribution in [3.05, 3.63) is 66.5 Å². The molecule has 162 valence electrons. The number of amides is 1. The molecule has 0 saturated carbocycles. The third kappa shape index (κ3) is 5.04. The van der Waals surface area contributed by atoms with Crippen LogP contribution in [0, 0.1) is 0 Å². The largest absolute Gasteiger partial charge is 0.497 e. The zero-order valence-corrected chi connectivity index (χ0v) is 17.9. The van der Waals surface area contributed by atoms with Gasteiger partial charge in [0.1, 0.15) is 22.1 Å². The summed E-state index contributed by atoms with van der Waals surface area (Å²) >= 11 is 0. The van der Waals surface area contributed by atoms with Crippen molar-refractivity contribution in [2.75, 3.05) is 31.4 Å². The van der Waals surface area contributed by atoms with Crippen molar-refractivity contribution >= 4 is 27.3 Å². The van der Waals surface area contributed by atoms with Gasteiger partial charge in [-0.25, -0.2) is 8.42 Å². The monoisotopic (exact) mass is 443 g/mol. The first-order chi connectivity index (χ1) is 14.9. The van der Waals surface area contributed by atoms with Crippen molar-refractivity contribution < 1.29 is 27.4 Å². The van der Waals surface area contributed by atoms with Gasteiger partial charge in [0.25, 0.3) is 15.9 Å². The van der Waals surface area contributed by atoms with Crippen LogP contribution in [0.2, 0.25) is 0 Å². The van der Waals surface area contributed by atoms with E-state index in [4.69, 9.17) is 14.2 Å². The fraction of sp³-hybridized carbons (Fsp3) is 0.143. The maximum atomic E-state index is 12.9. The number of carbonyl (C=O) groups is 1. The highest BCUT2D eigenvalue weighted by Crippen LogP contribution is 2.32. The predicted octanol–water partition coefficient (Wildman–Crippen LogP) is 3.16. The van der Waals surface area contributed by atoms with E-state index in [1.54, 1.807) is 24.4 Å². The zero-order chi connectivity index (χ0) is 22.4. The summed E-state index contributed by atoms with van der Waals surface area (Å²) in [6.07, 6.45) is 3.00. The predicted molar refractivity (Wildman–Crippen MR) is 116 cm³/mol. The zero-order valence-electron chi connectivity index (χ0n) is 17.1. The van der Waals surface area contributed by atoms with Gasteiger partial charge in [0.15, 0.2) is 0 Å². The van der Waals surface area contributed by atoms with Crippen LogP contribution in [0.4, 0.5) is 11.4 Å². The Morgan fingerprint density at radius 1 is 0.935 bits per heavy atom. The molecule has 0 spiro atoms. The first-order valence-corrected chi connectivity index (χ1v) is 10.5. The smallest absolute Gasteiger partial charge is 0.265 e. The maximum absolute atomic E-state index is 12.9. The number of nitrogens with one attached hydrogen (secondary N) is 2. The van der Waals surface area contributed by atoms with E-state index in [-0.39, 0.29) is 28.0 Å². The first-order valence-electron chi connectivity index (χ1n) is 9.02. The number of hydrogen-bond donors (Lipinski definition) is 2. The van der Waals surface area contributed by atoms with E-state index in [1.165, 1.54) is 57.9 Å². The van der Waals surface area contributed by atoms with Crippen LogP contribution in [-0.4, -0.2) is 40.6 Å². The van der Waals surface area contributed by atoms with E-state index in [0.717, 1.165) is 0 Å². The molecule has 1 amide bonds. The van der Waals surface area contributed by atoms with Crippen LogP contribution in [0.3, 0.4) is 0 Å². The molecule has 9 nitrogen and oxygen atoms in total. The van der Waals surface area contributed by atoms with E-state index in [0.29, 0.717) is 17.0 Å². The molecule has 0 unspecified atom stereocenters. The fourth-order valence-electron chi connectivity index (χ4n) is 2.75. The number of nitrogens with zero attached hydrogens (tertiary/aromatic N) is 1. The molecule has 10 heteroatoms. The molecule has 0 bridgehead atoms. The lowest BCUT2D eigenvalue weighted by Crippen LogP contribution is -2.15. The van der Waals surface area contributed by atoms with Gasteiger partial charge in [-0.2, -0.15) is 0 Å². The Balaban J connectivity index is 1.87. The van der Waals surface area contributed by atoms with Crippen molar-refractivity contribution in [3.63, 3.8) is 0 Å². The lowest BCUT2D eigenvalue weighted by molar-refractivity contribution is 0.102. The minimum absolute atomic E-state index is 0.0812. The van der Waals surface area contributed by atoms with Crippen LogP contribution < -0.4 is 24.2 Å². The highest BCUT2D eigenvalue weighted by atomic mass is 32.2. The number of methoxy groups -OCH3 is 3. The van der Waals surface area contributed by atoms with Gasteiger partial charge in [-0.15, -0.1) is 0 Å². The number of rotatable bonds is 8. The number of aromatic nitrogens is 1. The van der Waals surface area contributed by atoms with Crippen LogP contribution in [0.15, 0.2) is 65.8 Å². The van der Waals surface area contributed by atoms with E-state index >= 15 is 0 Å². The van der Waals surface area contributed by atoms with Gasteiger partial charge >= 0.3 is 0 Å². The number of sulfonamides is 1. The lowest BCUT2D eigenvalue weighted by atomic mass is 10.2. The minimum atomic E-state index is -4.00. The van der Waals surface area contributed by atoms with Crippen LogP contribution in [0.5, 0.6) is 17.2 Å². The summed E-state index contributed by atoms with van der Waals surface area (Å²) in [6.45, 7) is 0. The van der Waals surface area contributed by atoms with E-state index < -0.39 is 10.0 Å². The molecule has 0 aliphatic heterocycles. The van der Waals surface area contributed by atoms with E-state index in [1.807, 2.05) is 0 Å². The number of anilines is 2. The standard InChI is InChI=1S/C21H21N3O6S/c1-28-16-7-9-18(29-2)20(12-16)31(26,27)24-15-6-8-17(19(11-15)30-3)23-21(25)14-5-4-10-22-13-14/h4-13,24H,1-3H3,(H,23,25). The molecule has 3 aromatic rings. The molecule has 0 radical (unpaired) electrons. The van der Waals surface area contributed by atoms with Crippen LogP contribution >= 0.6 is 0 Å². The van der Waals surface area contributed by atoms with Gasteiger partial charge < -0.3 is 19.5 Å². The van der Waals surface area contributed by atoms with Crippen molar-refractivity contribution in [2.45, 2.75) is 4.90 Å². The van der Waals surface area contributed by atoms with Gasteiger partial charge in [-0.3, -0.25) is 14.5 Å². The summed E-state index contributed by atoms with van der Waals surface area (Å²) < 4.78 is 43.9. The summed E-state index contributed by atoms with van der Waals surface area (Å²) in [6, 6.07) is 12.2. The number of benzene rings is 2. The quantitative estimate of drug-likeness (QED) is 0.549. The van der Waals surface area contributed by atoms with Gasteiger partial charge in [0, 0.05) is 24.5 Å². The molecular weight excluding hydrogens is 422 g/mol. The third-order valence-corrected chi connectivity index (χ3v) is 5.69. The summed E-state index contributed by atoms with van der Waals surface area (Å²) in [5.41, 5.74) is 0.985. The summed E-state index contributed by atoms with van der Waals surface area (Å²) in [5, 5.41) is 2.72. The molecule has 0 atom stereocenters. The van der Waals surface area contributed by atoms with Crippen molar-refractivity contribution in [1.29, 1.82) is 0 Å². The molecule has 0 saturated heterocycles. The first kappa shape index (κ1) is 21.9. The molecular formula is C21H21N3O6S. The van der Waals surface area contributed by atoms with Crippen LogP contribution in [0.1, 0.15) is 10.4 Å². The minimum Gasteiger partial charge on any atom is -0.497 e. The average Bonchev–Trinajstić information content (AvgIpc) is 2.79. The SMILES string of the molecule is COc1ccc(OC)c(S(=O)(=O)Nc2ccc(NC(=O)c3cccnc3)c(OC)c2)c1. The Bertz CT molecular complexity index is 1180. The van der Waals surface area contributed by atoms with Crippen molar-refractivity contribution in [1.82, 2.24) is 4.98 Å². The topological polar surface area (TPSA) is 116 Å². The Kier molecular flexibility index (Phi) is 6.61. The maximum Gasteiger partial charge on any atom is 0.265 e. The summed E-state index contributed by atoms with van der Waals surface area (Å²) in [7, 11) is 0.234. The highest BCUT2D eigenvalue weighted by Gasteiger charge is 2.21. The average molecular weight is 443 g/mol. The Hall–Kier alpha value is -3.79. The number of ether oxygens (including phenoxy) is 3. The molecule has 0 aliphatic carbocycles. The highest BCUT2D eigenvalue weighted by molar-refractivity contribution is 7.92.